The van der Waals surface area contributed by atoms with Gasteiger partial charge in [-0.1, -0.05) is 27.7 Å². The Kier molecular flexibility index (Phi) is 4.15. The Bertz CT molecular complexity index is 752. The Morgan fingerprint density at radius 1 is 1.30 bits per heavy atom. The van der Waals surface area contributed by atoms with E-state index in [1.54, 1.807) is 0 Å². The molecular formula is C18H25N3O2. The van der Waals surface area contributed by atoms with E-state index in [0.29, 0.717) is 6.54 Å². The van der Waals surface area contributed by atoms with E-state index in [1.807, 2.05) is 12.1 Å². The van der Waals surface area contributed by atoms with Gasteiger partial charge in [0.15, 0.2) is 0 Å². The molecule has 124 valence electrons. The van der Waals surface area contributed by atoms with Gasteiger partial charge >= 0.3 is 0 Å². The van der Waals surface area contributed by atoms with Crippen molar-refractivity contribution in [3.8, 4) is 0 Å². The molecule has 23 heavy (non-hydrogen) atoms. The molecule has 1 N–H and O–H groups in total. The molecule has 5 nitrogen and oxygen atoms in total. The summed E-state index contributed by atoms with van der Waals surface area (Å²) in [5.74, 6) is 2.74. The number of nitrogens with zero attached hydrogens (tertiary/aromatic N) is 2. The monoisotopic (exact) mass is 315 g/mol. The van der Waals surface area contributed by atoms with Crippen molar-refractivity contribution in [2.75, 3.05) is 6.54 Å². The number of rotatable bonds is 3. The third-order valence-corrected chi connectivity index (χ3v) is 4.30. The summed E-state index contributed by atoms with van der Waals surface area (Å²) in [4.78, 5) is 22.3. The number of fused-ring (bicyclic) bond motifs is 1. The Hall–Kier alpha value is -1.88. The largest absolute Gasteiger partial charge is 0.465 e. The van der Waals surface area contributed by atoms with Crippen LogP contribution in [-0.4, -0.2) is 21.4 Å². The second-order valence-corrected chi connectivity index (χ2v) is 7.27. The molecule has 0 atom stereocenters. The fourth-order valence-corrected chi connectivity index (χ4v) is 2.89. The molecule has 0 aromatic carbocycles. The first kappa shape index (κ1) is 16.0. The van der Waals surface area contributed by atoms with Crippen LogP contribution in [0.3, 0.4) is 0 Å². The molecule has 1 aliphatic heterocycles. The van der Waals surface area contributed by atoms with Crippen molar-refractivity contribution in [1.29, 1.82) is 0 Å². The van der Waals surface area contributed by atoms with Gasteiger partial charge in [-0.25, -0.2) is 4.98 Å². The number of aryl methyl sites for hydroxylation is 1. The van der Waals surface area contributed by atoms with Gasteiger partial charge in [-0.05, 0) is 12.1 Å². The van der Waals surface area contributed by atoms with E-state index in [4.69, 9.17) is 9.40 Å². The minimum absolute atomic E-state index is 0.00156. The molecule has 0 radical (unpaired) electrons. The van der Waals surface area contributed by atoms with E-state index in [-0.39, 0.29) is 11.0 Å². The summed E-state index contributed by atoms with van der Waals surface area (Å²) in [5.41, 5.74) is 1.60. The Balaban J connectivity index is 1.79. The maximum absolute atomic E-state index is 12.4. The molecule has 0 aliphatic carbocycles. The lowest BCUT2D eigenvalue weighted by molar-refractivity contribution is 0.220. The van der Waals surface area contributed by atoms with Crippen LogP contribution >= 0.6 is 0 Å². The Labute approximate surface area is 136 Å². The summed E-state index contributed by atoms with van der Waals surface area (Å²) in [6, 6.07) is 4.05. The number of nitrogens with one attached hydrogen (secondary N) is 1. The van der Waals surface area contributed by atoms with Crippen LogP contribution in [0.1, 0.15) is 56.3 Å². The highest BCUT2D eigenvalue weighted by atomic mass is 16.3. The molecule has 0 saturated carbocycles. The number of H-pyrrole nitrogens is 1. The number of aromatic nitrogens is 2. The molecule has 3 rings (SSSR count). The summed E-state index contributed by atoms with van der Waals surface area (Å²) < 4.78 is 5.77. The third-order valence-electron chi connectivity index (χ3n) is 4.30. The quantitative estimate of drug-likeness (QED) is 0.946. The number of furan rings is 1. The van der Waals surface area contributed by atoms with Gasteiger partial charge in [0.2, 0.25) is 0 Å². The Morgan fingerprint density at radius 3 is 2.70 bits per heavy atom. The summed E-state index contributed by atoms with van der Waals surface area (Å²) >= 11 is 0. The highest BCUT2D eigenvalue weighted by Crippen LogP contribution is 2.21. The van der Waals surface area contributed by atoms with E-state index in [9.17, 15) is 4.79 Å². The molecule has 0 spiro atoms. The topological polar surface area (TPSA) is 62.1 Å². The molecule has 0 fully saturated rings. The van der Waals surface area contributed by atoms with E-state index >= 15 is 0 Å². The van der Waals surface area contributed by atoms with Gasteiger partial charge in [0.1, 0.15) is 17.3 Å². The third kappa shape index (κ3) is 3.39. The minimum atomic E-state index is -0.143. The normalized spacial score (nSPS) is 15.7. The van der Waals surface area contributed by atoms with E-state index in [2.05, 4.69) is 37.6 Å². The van der Waals surface area contributed by atoms with Crippen LogP contribution in [0.2, 0.25) is 0 Å². The van der Waals surface area contributed by atoms with Crippen molar-refractivity contribution in [3.05, 3.63) is 51.1 Å². The van der Waals surface area contributed by atoms with Gasteiger partial charge in [0.05, 0.1) is 17.8 Å². The van der Waals surface area contributed by atoms with Crippen LogP contribution in [0, 0.1) is 0 Å². The van der Waals surface area contributed by atoms with Gasteiger partial charge in [-0.15, -0.1) is 0 Å². The zero-order chi connectivity index (χ0) is 16.6. The second-order valence-electron chi connectivity index (χ2n) is 7.27. The molecule has 0 bridgehead atoms. The lowest BCUT2D eigenvalue weighted by Gasteiger charge is -2.28. The molecule has 3 heterocycles. The van der Waals surface area contributed by atoms with Crippen molar-refractivity contribution in [2.45, 2.75) is 59.0 Å². The van der Waals surface area contributed by atoms with Gasteiger partial charge in [-0.2, -0.15) is 0 Å². The molecule has 0 unspecified atom stereocenters. The molecule has 1 aliphatic rings. The molecule has 2 aromatic rings. The average Bonchev–Trinajstić information content (AvgIpc) is 2.94. The maximum atomic E-state index is 12.4. The predicted molar refractivity (Wildman–Crippen MR) is 89.5 cm³/mol. The Morgan fingerprint density at radius 2 is 2.04 bits per heavy atom. The van der Waals surface area contributed by atoms with Crippen LogP contribution in [0.4, 0.5) is 0 Å². The smallest absolute Gasteiger partial charge is 0.255 e. The second kappa shape index (κ2) is 5.96. The summed E-state index contributed by atoms with van der Waals surface area (Å²) in [6.45, 7) is 10.5. The van der Waals surface area contributed by atoms with Crippen molar-refractivity contribution in [3.63, 3.8) is 0 Å². The van der Waals surface area contributed by atoms with Crippen LogP contribution in [0.15, 0.2) is 21.3 Å². The van der Waals surface area contributed by atoms with Gasteiger partial charge < -0.3 is 9.40 Å². The van der Waals surface area contributed by atoms with Crippen molar-refractivity contribution in [1.82, 2.24) is 14.9 Å². The van der Waals surface area contributed by atoms with Crippen molar-refractivity contribution in [2.24, 2.45) is 0 Å². The zero-order valence-electron chi connectivity index (χ0n) is 14.4. The summed E-state index contributed by atoms with van der Waals surface area (Å²) in [6.07, 6.45) is 1.71. The number of hydrogen-bond donors (Lipinski definition) is 1. The summed E-state index contributed by atoms with van der Waals surface area (Å²) in [5, 5.41) is 0. The molecule has 2 aromatic heterocycles. The van der Waals surface area contributed by atoms with Crippen molar-refractivity contribution >= 4 is 0 Å². The maximum Gasteiger partial charge on any atom is 0.255 e. The van der Waals surface area contributed by atoms with Gasteiger partial charge in [0.25, 0.3) is 5.56 Å². The fourth-order valence-electron chi connectivity index (χ4n) is 2.89. The van der Waals surface area contributed by atoms with E-state index in [1.165, 1.54) is 0 Å². The highest BCUT2D eigenvalue weighted by Gasteiger charge is 2.25. The van der Waals surface area contributed by atoms with Crippen LogP contribution in [-0.2, 0) is 31.3 Å². The predicted octanol–water partition coefficient (Wildman–Crippen LogP) is 2.78. The number of hydrogen-bond acceptors (Lipinski definition) is 4. The molecule has 0 saturated heterocycles. The lowest BCUT2D eigenvalue weighted by Crippen LogP contribution is -2.37. The van der Waals surface area contributed by atoms with Crippen LogP contribution in [0.25, 0.3) is 0 Å². The number of aromatic amines is 1. The zero-order valence-corrected chi connectivity index (χ0v) is 14.4. The van der Waals surface area contributed by atoms with E-state index in [0.717, 1.165) is 54.5 Å². The average molecular weight is 315 g/mol. The first-order valence-electron chi connectivity index (χ1n) is 8.29. The summed E-state index contributed by atoms with van der Waals surface area (Å²) in [7, 11) is 0. The van der Waals surface area contributed by atoms with Crippen molar-refractivity contribution < 1.29 is 4.42 Å². The first-order chi connectivity index (χ1) is 10.9. The highest BCUT2D eigenvalue weighted by molar-refractivity contribution is 5.23. The SMILES string of the molecule is CCc1ccc(CN2CCc3nc(C(C)(C)C)[nH]c(=O)c3C2)o1. The fraction of sp³-hybridized carbons (Fsp3) is 0.556. The van der Waals surface area contributed by atoms with Crippen LogP contribution < -0.4 is 5.56 Å². The standard InChI is InChI=1S/C18H25N3O2/c1-5-12-6-7-13(23-12)10-21-9-8-15-14(11-21)16(22)20-17(19-15)18(2,3)4/h6-7H,5,8-11H2,1-4H3,(H,19,20,22). The van der Waals surface area contributed by atoms with Gasteiger partial charge in [0, 0.05) is 31.3 Å². The van der Waals surface area contributed by atoms with Gasteiger partial charge in [-0.3, -0.25) is 9.69 Å². The lowest BCUT2D eigenvalue weighted by atomic mass is 9.95. The molecule has 5 heteroatoms. The first-order valence-corrected chi connectivity index (χ1v) is 8.29. The van der Waals surface area contributed by atoms with E-state index < -0.39 is 0 Å². The minimum Gasteiger partial charge on any atom is -0.465 e. The molecule has 0 amide bonds. The van der Waals surface area contributed by atoms with Crippen LogP contribution in [0.5, 0.6) is 0 Å². The molecular weight excluding hydrogens is 290 g/mol.